The van der Waals surface area contributed by atoms with Gasteiger partial charge in [-0.3, -0.25) is 4.79 Å². The summed E-state index contributed by atoms with van der Waals surface area (Å²) in [7, 11) is 6.67. The summed E-state index contributed by atoms with van der Waals surface area (Å²) in [6.07, 6.45) is 1.49. The molecule has 0 aliphatic rings. The molecule has 0 spiro atoms. The van der Waals surface area contributed by atoms with Crippen molar-refractivity contribution in [1.82, 2.24) is 9.97 Å². The third kappa shape index (κ3) is 4.48. The summed E-state index contributed by atoms with van der Waals surface area (Å²) in [6, 6.07) is 7.26. The summed E-state index contributed by atoms with van der Waals surface area (Å²) in [6.45, 7) is -0.147. The minimum Gasteiger partial charge on any atom is -0.497 e. The predicted molar refractivity (Wildman–Crippen MR) is 90.0 cm³/mol. The molecule has 0 radical (unpaired) electrons. The highest BCUT2D eigenvalue weighted by molar-refractivity contribution is 5.94. The van der Waals surface area contributed by atoms with E-state index in [1.54, 1.807) is 36.3 Å². The van der Waals surface area contributed by atoms with E-state index in [4.69, 9.17) is 14.2 Å². The highest BCUT2D eigenvalue weighted by atomic mass is 16.5. The number of hydrogen-bond acceptors (Lipinski definition) is 7. The van der Waals surface area contributed by atoms with E-state index in [-0.39, 0.29) is 18.5 Å². The lowest BCUT2D eigenvalue weighted by Gasteiger charge is -2.17. The number of carbonyl (C=O) groups is 1. The van der Waals surface area contributed by atoms with Crippen LogP contribution in [0.25, 0.3) is 0 Å². The molecule has 0 atom stereocenters. The number of hydrogen-bond donors (Lipinski definition) is 1. The maximum Gasteiger partial charge on any atom is 0.318 e. The molecule has 1 N–H and O–H groups in total. The largest absolute Gasteiger partial charge is 0.497 e. The van der Waals surface area contributed by atoms with E-state index in [2.05, 4.69) is 15.3 Å². The third-order valence-electron chi connectivity index (χ3n) is 3.04. The van der Waals surface area contributed by atoms with Gasteiger partial charge in [0.1, 0.15) is 17.2 Å². The van der Waals surface area contributed by atoms with E-state index in [1.807, 2.05) is 14.1 Å². The Balaban J connectivity index is 2.01. The van der Waals surface area contributed by atoms with Crippen LogP contribution in [0.1, 0.15) is 0 Å². The van der Waals surface area contributed by atoms with Gasteiger partial charge in [0.05, 0.1) is 20.4 Å². The molecule has 1 heterocycles. The minimum absolute atomic E-state index is 0.147. The van der Waals surface area contributed by atoms with Crippen LogP contribution in [-0.2, 0) is 4.79 Å². The van der Waals surface area contributed by atoms with Gasteiger partial charge >= 0.3 is 6.01 Å². The fraction of sp³-hybridized carbons (Fsp3) is 0.312. The van der Waals surface area contributed by atoms with Crippen LogP contribution in [-0.4, -0.2) is 50.8 Å². The summed E-state index contributed by atoms with van der Waals surface area (Å²) in [4.78, 5) is 22.1. The quantitative estimate of drug-likeness (QED) is 0.824. The molecule has 0 saturated carbocycles. The molecular formula is C16H20N4O4. The van der Waals surface area contributed by atoms with Crippen molar-refractivity contribution >= 4 is 17.4 Å². The van der Waals surface area contributed by atoms with Crippen LogP contribution >= 0.6 is 0 Å². The Kier molecular flexibility index (Phi) is 5.78. The smallest absolute Gasteiger partial charge is 0.318 e. The molecule has 24 heavy (non-hydrogen) atoms. The number of carbonyl (C=O) groups excluding carboxylic acids is 1. The van der Waals surface area contributed by atoms with Crippen molar-refractivity contribution in [2.75, 3.05) is 45.1 Å². The summed E-state index contributed by atoms with van der Waals surface area (Å²) in [5.41, 5.74) is 0.472. The number of ether oxygens (including phenoxy) is 3. The minimum atomic E-state index is -0.324. The molecule has 2 aromatic rings. The number of nitrogens with zero attached hydrogens (tertiary/aromatic N) is 3. The lowest BCUT2D eigenvalue weighted by molar-refractivity contribution is -0.118. The Morgan fingerprint density at radius 1 is 1.21 bits per heavy atom. The highest BCUT2D eigenvalue weighted by Crippen LogP contribution is 2.23. The van der Waals surface area contributed by atoms with E-state index in [0.717, 1.165) is 0 Å². The van der Waals surface area contributed by atoms with E-state index < -0.39 is 0 Å². The first-order valence-corrected chi connectivity index (χ1v) is 7.18. The van der Waals surface area contributed by atoms with Gasteiger partial charge < -0.3 is 24.4 Å². The van der Waals surface area contributed by atoms with Crippen LogP contribution in [0.5, 0.6) is 17.5 Å². The molecule has 8 heteroatoms. The number of aromatic nitrogens is 2. The third-order valence-corrected chi connectivity index (χ3v) is 3.04. The van der Waals surface area contributed by atoms with E-state index in [9.17, 15) is 4.79 Å². The highest BCUT2D eigenvalue weighted by Gasteiger charge is 2.13. The Morgan fingerprint density at radius 3 is 2.62 bits per heavy atom. The summed E-state index contributed by atoms with van der Waals surface area (Å²) >= 11 is 0. The maximum absolute atomic E-state index is 12.1. The summed E-state index contributed by atoms with van der Waals surface area (Å²) in [5.74, 6) is 1.42. The molecular weight excluding hydrogens is 312 g/mol. The molecule has 0 fully saturated rings. The molecule has 0 aliphatic heterocycles. The predicted octanol–water partition coefficient (Wildman–Crippen LogP) is 1.58. The zero-order chi connectivity index (χ0) is 17.5. The zero-order valence-electron chi connectivity index (χ0n) is 14.1. The van der Waals surface area contributed by atoms with Gasteiger partial charge in [-0.1, -0.05) is 6.07 Å². The fourth-order valence-corrected chi connectivity index (χ4v) is 1.91. The van der Waals surface area contributed by atoms with Gasteiger partial charge in [0, 0.05) is 20.2 Å². The molecule has 1 amide bonds. The Morgan fingerprint density at radius 2 is 1.96 bits per heavy atom. The molecule has 0 unspecified atom stereocenters. The van der Waals surface area contributed by atoms with E-state index >= 15 is 0 Å². The van der Waals surface area contributed by atoms with Gasteiger partial charge in [0.15, 0.2) is 12.4 Å². The van der Waals surface area contributed by atoms with Crippen molar-refractivity contribution in [3.63, 3.8) is 0 Å². The Labute approximate surface area is 140 Å². The molecule has 8 nitrogen and oxygen atoms in total. The molecule has 1 aromatic carbocycles. The van der Waals surface area contributed by atoms with Crippen molar-refractivity contribution in [2.24, 2.45) is 0 Å². The van der Waals surface area contributed by atoms with Gasteiger partial charge in [0.2, 0.25) is 0 Å². The average molecular weight is 332 g/mol. The molecule has 0 bridgehead atoms. The van der Waals surface area contributed by atoms with Crippen LogP contribution in [0.2, 0.25) is 0 Å². The first-order chi connectivity index (χ1) is 11.5. The number of methoxy groups -OCH3 is 2. The van der Waals surface area contributed by atoms with Crippen LogP contribution in [0.3, 0.4) is 0 Å². The van der Waals surface area contributed by atoms with Gasteiger partial charge in [-0.2, -0.15) is 4.98 Å². The Hall–Kier alpha value is -3.03. The molecule has 2 rings (SSSR count). The second-order valence-electron chi connectivity index (χ2n) is 5.00. The van der Waals surface area contributed by atoms with Gasteiger partial charge in [0.25, 0.3) is 5.91 Å². The average Bonchev–Trinajstić information content (AvgIpc) is 2.60. The van der Waals surface area contributed by atoms with Crippen molar-refractivity contribution in [3.8, 4) is 17.5 Å². The van der Waals surface area contributed by atoms with E-state index in [1.165, 1.54) is 13.3 Å². The van der Waals surface area contributed by atoms with Gasteiger partial charge in [-0.15, -0.1) is 0 Å². The number of amides is 1. The summed E-state index contributed by atoms with van der Waals surface area (Å²) < 4.78 is 15.6. The lowest BCUT2D eigenvalue weighted by atomic mass is 10.3. The Bertz CT molecular complexity index is 706. The molecule has 1 aromatic heterocycles. The number of rotatable bonds is 7. The van der Waals surface area contributed by atoms with Gasteiger partial charge in [-0.25, -0.2) is 4.98 Å². The van der Waals surface area contributed by atoms with Crippen molar-refractivity contribution < 1.29 is 19.0 Å². The second kappa shape index (κ2) is 8.00. The van der Waals surface area contributed by atoms with Crippen molar-refractivity contribution in [3.05, 3.63) is 30.5 Å². The van der Waals surface area contributed by atoms with Crippen LogP contribution in [0.15, 0.2) is 30.5 Å². The van der Waals surface area contributed by atoms with Crippen molar-refractivity contribution in [1.29, 1.82) is 0 Å². The number of nitrogens with one attached hydrogen (secondary N) is 1. The lowest BCUT2D eigenvalue weighted by Crippen LogP contribution is -2.23. The molecule has 0 saturated heterocycles. The normalized spacial score (nSPS) is 10.0. The van der Waals surface area contributed by atoms with E-state index in [0.29, 0.717) is 23.0 Å². The number of benzene rings is 1. The number of anilines is 2. The first kappa shape index (κ1) is 17.3. The van der Waals surface area contributed by atoms with Crippen molar-refractivity contribution in [2.45, 2.75) is 0 Å². The summed E-state index contributed by atoms with van der Waals surface area (Å²) in [5, 5.41) is 2.72. The maximum atomic E-state index is 12.1. The molecule has 128 valence electrons. The SMILES string of the molecule is COc1cccc(OCC(=O)Nc2cnc(OC)nc2N(C)C)c1. The zero-order valence-corrected chi connectivity index (χ0v) is 14.1. The monoisotopic (exact) mass is 332 g/mol. The molecule has 0 aliphatic carbocycles. The van der Waals surface area contributed by atoms with Crippen LogP contribution in [0, 0.1) is 0 Å². The fourth-order valence-electron chi connectivity index (χ4n) is 1.91. The standard InChI is InChI=1S/C16H20N4O4/c1-20(2)15-13(9-17-16(19-15)23-4)18-14(21)10-24-12-7-5-6-11(8-12)22-3/h5-9H,10H2,1-4H3,(H,18,21). The second-order valence-corrected chi connectivity index (χ2v) is 5.00. The van der Waals surface area contributed by atoms with Crippen LogP contribution in [0.4, 0.5) is 11.5 Å². The van der Waals surface area contributed by atoms with Gasteiger partial charge in [-0.05, 0) is 12.1 Å². The van der Waals surface area contributed by atoms with Crippen LogP contribution < -0.4 is 24.4 Å². The topological polar surface area (TPSA) is 85.8 Å². The first-order valence-electron chi connectivity index (χ1n) is 7.18.